The summed E-state index contributed by atoms with van der Waals surface area (Å²) in [5.41, 5.74) is 0.214. The lowest BCUT2D eigenvalue weighted by atomic mass is 10.0. The first-order chi connectivity index (χ1) is 38.7. The summed E-state index contributed by atoms with van der Waals surface area (Å²) < 4.78 is 0. The van der Waals surface area contributed by atoms with Crippen molar-refractivity contribution in [3.8, 4) is 12.1 Å². The third-order valence-corrected chi connectivity index (χ3v) is 17.4. The van der Waals surface area contributed by atoms with Gasteiger partial charge in [-0.3, -0.25) is 0 Å². The molecule has 0 aliphatic carbocycles. The molecule has 0 aliphatic heterocycles. The second kappa shape index (κ2) is 60.6. The molecule has 4 nitrogen and oxygen atoms in total. The van der Waals surface area contributed by atoms with E-state index in [4.69, 9.17) is 0 Å². The second-order valence-electron chi connectivity index (χ2n) is 24.9. The summed E-state index contributed by atoms with van der Waals surface area (Å²) in [6, 6.07) is 13.0. The molecule has 1 aromatic rings. The SMILES string of the molecule is CCCCCCCCCCCCCCCCN(CCCCCCCCCCCCCCCC)C(=c1ccc(=C(C#N)C#N)cc1)N(CCCCCCCCCCCCCCCC)CCCCCCCCCCCCCCCC. The number of unbranched alkanes of at least 4 members (excludes halogenated alkanes) is 52. The molecule has 0 N–H and O–H groups in total. The highest BCUT2D eigenvalue weighted by Crippen LogP contribution is 2.22. The first kappa shape index (κ1) is 73.6. The molecule has 0 aliphatic rings. The van der Waals surface area contributed by atoms with Gasteiger partial charge in [-0.05, 0) is 25.7 Å². The Kier molecular flexibility index (Phi) is 57.2. The molecule has 0 amide bonds. The topological polar surface area (TPSA) is 54.1 Å². The number of rotatable bonds is 62. The lowest BCUT2D eigenvalue weighted by Crippen LogP contribution is -2.41. The van der Waals surface area contributed by atoms with Crippen LogP contribution in [0.4, 0.5) is 0 Å². The van der Waals surface area contributed by atoms with Gasteiger partial charge in [0.25, 0.3) is 0 Å². The maximum atomic E-state index is 9.83. The van der Waals surface area contributed by atoms with Crippen molar-refractivity contribution < 1.29 is 0 Å². The van der Waals surface area contributed by atoms with Crippen molar-refractivity contribution in [3.63, 3.8) is 0 Å². The molecule has 0 atom stereocenters. The number of hydrogen-bond acceptors (Lipinski definition) is 4. The quantitative estimate of drug-likeness (QED) is 0.0610. The molecule has 78 heavy (non-hydrogen) atoms. The molecule has 0 bridgehead atoms. The monoisotopic (exact) mass is 1080 g/mol. The van der Waals surface area contributed by atoms with Crippen molar-refractivity contribution >= 4 is 11.4 Å². The molecular weight excluding hydrogens is 945 g/mol. The maximum Gasteiger partial charge on any atom is 0.136 e. The smallest absolute Gasteiger partial charge is 0.136 e. The Labute approximate surface area is 489 Å². The highest BCUT2D eigenvalue weighted by atomic mass is 15.3. The van der Waals surface area contributed by atoms with Gasteiger partial charge >= 0.3 is 0 Å². The fourth-order valence-corrected chi connectivity index (χ4v) is 12.1. The van der Waals surface area contributed by atoms with E-state index in [9.17, 15) is 10.5 Å². The van der Waals surface area contributed by atoms with Gasteiger partial charge in [-0.25, -0.2) is 0 Å². The van der Waals surface area contributed by atoms with Crippen molar-refractivity contribution in [2.75, 3.05) is 26.2 Å². The molecular formula is C74H136N4. The van der Waals surface area contributed by atoms with Gasteiger partial charge in [-0.15, -0.1) is 0 Å². The first-order valence-corrected chi connectivity index (χ1v) is 35.8. The van der Waals surface area contributed by atoms with Crippen LogP contribution in [0, 0.1) is 22.7 Å². The van der Waals surface area contributed by atoms with E-state index in [-0.39, 0.29) is 5.57 Å². The molecule has 0 saturated heterocycles. The molecule has 0 heterocycles. The summed E-state index contributed by atoms with van der Waals surface area (Å²) in [6.45, 7) is 13.7. The van der Waals surface area contributed by atoms with Crippen LogP contribution in [0.5, 0.6) is 0 Å². The zero-order chi connectivity index (χ0) is 56.1. The molecule has 0 fully saturated rings. The third kappa shape index (κ3) is 46.2. The van der Waals surface area contributed by atoms with E-state index in [1.165, 1.54) is 371 Å². The first-order valence-electron chi connectivity index (χ1n) is 35.8. The number of nitrogens with zero attached hydrogens (tertiary/aromatic N) is 4. The summed E-state index contributed by atoms with van der Waals surface area (Å²) in [7, 11) is 0. The van der Waals surface area contributed by atoms with Crippen LogP contribution < -0.4 is 10.4 Å². The van der Waals surface area contributed by atoms with Crippen LogP contribution in [0.15, 0.2) is 24.3 Å². The average Bonchev–Trinajstić information content (AvgIpc) is 3.45. The fraction of sp³-hybridized carbons (Fsp3) is 0.865. The molecule has 0 saturated carbocycles. The van der Waals surface area contributed by atoms with Crippen molar-refractivity contribution in [2.24, 2.45) is 0 Å². The molecule has 1 rings (SSSR count). The van der Waals surface area contributed by atoms with Gasteiger partial charge in [0, 0.05) is 36.6 Å². The van der Waals surface area contributed by atoms with Crippen LogP contribution in [0.25, 0.3) is 11.4 Å². The van der Waals surface area contributed by atoms with Crippen LogP contribution in [0.3, 0.4) is 0 Å². The largest absolute Gasteiger partial charge is 0.358 e. The van der Waals surface area contributed by atoms with Crippen LogP contribution in [-0.2, 0) is 0 Å². The summed E-state index contributed by atoms with van der Waals surface area (Å²) in [4.78, 5) is 5.67. The second-order valence-corrected chi connectivity index (χ2v) is 24.9. The highest BCUT2D eigenvalue weighted by Gasteiger charge is 2.18. The summed E-state index contributed by atoms with van der Waals surface area (Å²) in [5.74, 6) is 1.44. The zero-order valence-corrected chi connectivity index (χ0v) is 53.5. The molecule has 0 radical (unpaired) electrons. The minimum Gasteiger partial charge on any atom is -0.358 e. The van der Waals surface area contributed by atoms with Crippen molar-refractivity contribution in [2.45, 2.75) is 387 Å². The van der Waals surface area contributed by atoms with E-state index in [0.717, 1.165) is 31.4 Å². The number of nitriles is 2. The van der Waals surface area contributed by atoms with Crippen molar-refractivity contribution in [1.29, 1.82) is 10.5 Å². The van der Waals surface area contributed by atoms with Crippen LogP contribution in [-0.4, -0.2) is 36.0 Å². The minimum absolute atomic E-state index is 0.214. The van der Waals surface area contributed by atoms with Gasteiger partial charge in [0.15, 0.2) is 0 Å². The Morgan fingerprint density at radius 1 is 0.244 bits per heavy atom. The van der Waals surface area contributed by atoms with Gasteiger partial charge in [0.2, 0.25) is 0 Å². The van der Waals surface area contributed by atoms with Crippen LogP contribution in [0.2, 0.25) is 0 Å². The van der Waals surface area contributed by atoms with Gasteiger partial charge in [-0.2, -0.15) is 10.5 Å². The molecule has 1 aromatic carbocycles. The van der Waals surface area contributed by atoms with E-state index in [1.54, 1.807) is 0 Å². The molecule has 0 unspecified atom stereocenters. The van der Waals surface area contributed by atoms with Gasteiger partial charge in [-0.1, -0.05) is 386 Å². The van der Waals surface area contributed by atoms with Crippen LogP contribution in [0.1, 0.15) is 387 Å². The molecule has 452 valence electrons. The lowest BCUT2D eigenvalue weighted by Gasteiger charge is -2.37. The molecule has 0 aromatic heterocycles. The van der Waals surface area contributed by atoms with Gasteiger partial charge < -0.3 is 9.80 Å². The van der Waals surface area contributed by atoms with E-state index in [2.05, 4.69) is 73.9 Å². The number of benzene rings is 1. The molecule has 0 spiro atoms. The van der Waals surface area contributed by atoms with Crippen molar-refractivity contribution in [3.05, 3.63) is 34.7 Å². The van der Waals surface area contributed by atoms with E-state index >= 15 is 0 Å². The Bertz CT molecular complexity index is 1410. The Morgan fingerprint density at radius 3 is 0.564 bits per heavy atom. The maximum absolute atomic E-state index is 9.83. The minimum atomic E-state index is 0.214. The fourth-order valence-electron chi connectivity index (χ4n) is 12.1. The Balaban J connectivity index is 3.17. The van der Waals surface area contributed by atoms with E-state index in [1.807, 2.05) is 0 Å². The number of hydrogen-bond donors (Lipinski definition) is 0. The van der Waals surface area contributed by atoms with E-state index < -0.39 is 0 Å². The average molecular weight is 1080 g/mol. The lowest BCUT2D eigenvalue weighted by molar-refractivity contribution is 0.258. The van der Waals surface area contributed by atoms with Crippen molar-refractivity contribution in [1.82, 2.24) is 9.80 Å². The predicted octanol–water partition coefficient (Wildman–Crippen LogP) is 23.5. The standard InChI is InChI=1S/C74H136N4/c1-5-9-13-17-21-25-29-33-37-41-45-49-53-57-65-77(66-58-54-50-46-42-38-34-30-26-22-18-14-10-6-2)74(72-63-61-71(62-64-72)73(69-75)70-76)78(67-59-55-51-47-43-39-35-31-27-23-19-15-11-7-3)68-60-56-52-48-44-40-36-32-28-24-20-16-12-8-4/h61-64H,5-60,65-68H2,1-4H3. The van der Waals surface area contributed by atoms with E-state index in [0.29, 0.717) is 0 Å². The highest BCUT2D eigenvalue weighted by molar-refractivity contribution is 5.72. The summed E-state index contributed by atoms with van der Waals surface area (Å²) in [6.07, 6.45) is 77.9. The van der Waals surface area contributed by atoms with Gasteiger partial charge in [0.05, 0.1) is 0 Å². The zero-order valence-electron chi connectivity index (χ0n) is 53.5. The Hall–Kier alpha value is -2.46. The molecule has 4 heteroatoms. The third-order valence-electron chi connectivity index (χ3n) is 17.4. The van der Waals surface area contributed by atoms with Crippen LogP contribution >= 0.6 is 0 Å². The van der Waals surface area contributed by atoms with Gasteiger partial charge in [0.1, 0.15) is 23.5 Å². The summed E-state index contributed by atoms with van der Waals surface area (Å²) >= 11 is 0. The summed E-state index contributed by atoms with van der Waals surface area (Å²) in [5, 5.41) is 21.7. The predicted molar refractivity (Wildman–Crippen MR) is 348 cm³/mol. The normalized spacial score (nSPS) is 11.3. The Morgan fingerprint density at radius 2 is 0.397 bits per heavy atom.